The van der Waals surface area contributed by atoms with Gasteiger partial charge in [0.25, 0.3) is 5.91 Å². The molecule has 1 aromatic heterocycles. The van der Waals surface area contributed by atoms with E-state index in [2.05, 4.69) is 10.4 Å². The molecule has 144 valence electrons. The highest BCUT2D eigenvalue weighted by atomic mass is 32.2. The topological polar surface area (TPSA) is 84.3 Å². The zero-order chi connectivity index (χ0) is 19.6. The Labute approximate surface area is 163 Å². The van der Waals surface area contributed by atoms with Crippen LogP contribution in [-0.2, 0) is 16.6 Å². The summed E-state index contributed by atoms with van der Waals surface area (Å²) >= 11 is 0. The van der Waals surface area contributed by atoms with Gasteiger partial charge in [-0.1, -0.05) is 18.2 Å². The number of sulfonamides is 1. The minimum atomic E-state index is -3.28. The molecule has 1 fully saturated rings. The average Bonchev–Trinajstić information content (AvgIpc) is 3.31. The number of benzene rings is 2. The number of hydrogen-bond donors (Lipinski definition) is 1. The molecule has 0 saturated carbocycles. The maximum Gasteiger partial charge on any atom is 0.255 e. The Bertz CT molecular complexity index is 1090. The van der Waals surface area contributed by atoms with E-state index < -0.39 is 10.0 Å². The Hall–Kier alpha value is -3.13. The third-order valence-corrected chi connectivity index (χ3v) is 6.45. The van der Waals surface area contributed by atoms with Crippen LogP contribution in [0.25, 0.3) is 0 Å². The van der Waals surface area contributed by atoms with Gasteiger partial charge in [0.15, 0.2) is 0 Å². The molecule has 0 spiro atoms. The van der Waals surface area contributed by atoms with Gasteiger partial charge in [-0.05, 0) is 48.4 Å². The van der Waals surface area contributed by atoms with Gasteiger partial charge in [0.05, 0.1) is 18.0 Å². The Morgan fingerprint density at radius 1 is 1.11 bits per heavy atom. The third kappa shape index (κ3) is 3.91. The van der Waals surface area contributed by atoms with E-state index in [0.29, 0.717) is 36.4 Å². The minimum absolute atomic E-state index is 0.145. The number of hydrogen-bond acceptors (Lipinski definition) is 4. The van der Waals surface area contributed by atoms with Crippen LogP contribution in [0.1, 0.15) is 22.3 Å². The van der Waals surface area contributed by atoms with Gasteiger partial charge in [-0.15, -0.1) is 0 Å². The second-order valence-corrected chi connectivity index (χ2v) is 8.66. The number of rotatable bonds is 5. The lowest BCUT2D eigenvalue weighted by molar-refractivity contribution is 0.102. The summed E-state index contributed by atoms with van der Waals surface area (Å²) in [5, 5.41) is 7.06. The first-order valence-electron chi connectivity index (χ1n) is 8.99. The molecule has 0 unspecified atom stereocenters. The molecule has 1 aliphatic rings. The first-order valence-corrected chi connectivity index (χ1v) is 10.6. The van der Waals surface area contributed by atoms with E-state index in [0.717, 1.165) is 5.56 Å². The lowest BCUT2D eigenvalue weighted by Gasteiger charge is -2.17. The fourth-order valence-corrected chi connectivity index (χ4v) is 4.82. The van der Waals surface area contributed by atoms with E-state index in [1.807, 2.05) is 36.5 Å². The molecular weight excluding hydrogens is 376 g/mol. The number of aromatic nitrogens is 2. The molecule has 28 heavy (non-hydrogen) atoms. The van der Waals surface area contributed by atoms with Crippen molar-refractivity contribution in [2.24, 2.45) is 0 Å². The van der Waals surface area contributed by atoms with Gasteiger partial charge in [0, 0.05) is 30.2 Å². The van der Waals surface area contributed by atoms with Crippen molar-refractivity contribution in [1.29, 1.82) is 0 Å². The summed E-state index contributed by atoms with van der Waals surface area (Å²) in [5.41, 5.74) is 2.63. The molecule has 0 aliphatic carbocycles. The summed E-state index contributed by atoms with van der Waals surface area (Å²) in [7, 11) is -3.28. The summed E-state index contributed by atoms with van der Waals surface area (Å²) < 4.78 is 27.4. The van der Waals surface area contributed by atoms with E-state index >= 15 is 0 Å². The number of carbonyl (C=O) groups excluding carboxylic acids is 1. The van der Waals surface area contributed by atoms with Crippen LogP contribution >= 0.6 is 0 Å². The fraction of sp³-hybridized carbons (Fsp3) is 0.200. The van der Waals surface area contributed by atoms with Gasteiger partial charge < -0.3 is 5.32 Å². The Morgan fingerprint density at radius 3 is 2.71 bits per heavy atom. The molecule has 0 atom stereocenters. The highest BCUT2D eigenvalue weighted by molar-refractivity contribution is 7.93. The van der Waals surface area contributed by atoms with Crippen LogP contribution in [0.2, 0.25) is 0 Å². The molecule has 1 saturated heterocycles. The molecule has 2 heterocycles. The number of carbonyl (C=O) groups is 1. The fourth-order valence-electron chi connectivity index (χ4n) is 3.26. The van der Waals surface area contributed by atoms with Crippen molar-refractivity contribution in [2.45, 2.75) is 13.0 Å². The largest absolute Gasteiger partial charge is 0.322 e. The van der Waals surface area contributed by atoms with E-state index in [-0.39, 0.29) is 11.7 Å². The first-order chi connectivity index (χ1) is 13.5. The smallest absolute Gasteiger partial charge is 0.255 e. The second kappa shape index (κ2) is 7.47. The predicted molar refractivity (Wildman–Crippen MR) is 108 cm³/mol. The normalized spacial score (nSPS) is 15.5. The zero-order valence-electron chi connectivity index (χ0n) is 15.2. The van der Waals surface area contributed by atoms with E-state index in [1.54, 1.807) is 35.1 Å². The van der Waals surface area contributed by atoms with Gasteiger partial charge >= 0.3 is 0 Å². The molecule has 8 heteroatoms. The SMILES string of the molecule is O=C(Nc1cccc(Cn2cccn2)c1)c1cccc(N2CCCS2(=O)=O)c1. The highest BCUT2D eigenvalue weighted by Crippen LogP contribution is 2.25. The van der Waals surface area contributed by atoms with Crippen LogP contribution in [0.4, 0.5) is 11.4 Å². The van der Waals surface area contributed by atoms with Gasteiger partial charge in [-0.25, -0.2) is 8.42 Å². The lowest BCUT2D eigenvalue weighted by atomic mass is 10.1. The van der Waals surface area contributed by atoms with E-state index in [4.69, 9.17) is 0 Å². The molecule has 1 N–H and O–H groups in total. The molecule has 0 radical (unpaired) electrons. The first kappa shape index (κ1) is 18.2. The van der Waals surface area contributed by atoms with Crippen molar-refractivity contribution >= 4 is 27.3 Å². The van der Waals surface area contributed by atoms with Gasteiger partial charge in [0.1, 0.15) is 0 Å². The van der Waals surface area contributed by atoms with Crippen LogP contribution in [0.5, 0.6) is 0 Å². The van der Waals surface area contributed by atoms with Gasteiger partial charge in [0.2, 0.25) is 10.0 Å². The Kier molecular flexibility index (Phi) is 4.87. The molecule has 2 aromatic carbocycles. The van der Waals surface area contributed by atoms with Gasteiger partial charge in [-0.3, -0.25) is 13.8 Å². The van der Waals surface area contributed by atoms with Crippen LogP contribution in [0.3, 0.4) is 0 Å². The quantitative estimate of drug-likeness (QED) is 0.719. The molecule has 0 bridgehead atoms. The van der Waals surface area contributed by atoms with Crippen LogP contribution in [0, 0.1) is 0 Å². The molecule has 1 amide bonds. The molecule has 1 aliphatic heterocycles. The van der Waals surface area contributed by atoms with E-state index in [1.165, 1.54) is 4.31 Å². The summed E-state index contributed by atoms with van der Waals surface area (Å²) in [6.07, 6.45) is 4.20. The molecular formula is C20H20N4O3S. The average molecular weight is 396 g/mol. The molecule has 3 aromatic rings. The van der Waals surface area contributed by atoms with Crippen LogP contribution < -0.4 is 9.62 Å². The van der Waals surface area contributed by atoms with Crippen LogP contribution in [-0.4, -0.2) is 36.4 Å². The number of nitrogens with one attached hydrogen (secondary N) is 1. The number of anilines is 2. The van der Waals surface area contributed by atoms with Gasteiger partial charge in [-0.2, -0.15) is 5.10 Å². The second-order valence-electron chi connectivity index (χ2n) is 6.65. The maximum absolute atomic E-state index is 12.7. The zero-order valence-corrected chi connectivity index (χ0v) is 16.0. The monoisotopic (exact) mass is 396 g/mol. The standard InChI is InChI=1S/C20H20N4O3S/c25-20(17-6-2-8-19(14-17)24-11-4-12-28(24,26)27)22-18-7-1-5-16(13-18)15-23-10-3-9-21-23/h1-3,5-10,13-14H,4,11-12,15H2,(H,22,25). The molecule has 7 nitrogen and oxygen atoms in total. The summed E-state index contributed by atoms with van der Waals surface area (Å²) in [6.45, 7) is 1.06. The van der Waals surface area contributed by atoms with Crippen molar-refractivity contribution < 1.29 is 13.2 Å². The number of amides is 1. The van der Waals surface area contributed by atoms with Crippen molar-refractivity contribution in [3.05, 3.63) is 78.1 Å². The van der Waals surface area contributed by atoms with Crippen LogP contribution in [0.15, 0.2) is 67.0 Å². The van der Waals surface area contributed by atoms with Crippen molar-refractivity contribution in [1.82, 2.24) is 9.78 Å². The highest BCUT2D eigenvalue weighted by Gasteiger charge is 2.28. The van der Waals surface area contributed by atoms with Crippen molar-refractivity contribution in [2.75, 3.05) is 21.9 Å². The summed E-state index contributed by atoms with van der Waals surface area (Å²) in [6, 6.07) is 16.1. The number of nitrogens with zero attached hydrogens (tertiary/aromatic N) is 3. The predicted octanol–water partition coefficient (Wildman–Crippen LogP) is 2.72. The molecule has 4 rings (SSSR count). The van der Waals surface area contributed by atoms with Crippen molar-refractivity contribution in [3.63, 3.8) is 0 Å². The summed E-state index contributed by atoms with van der Waals surface area (Å²) in [5.74, 6) is -0.137. The Morgan fingerprint density at radius 2 is 1.96 bits per heavy atom. The third-order valence-electron chi connectivity index (χ3n) is 4.58. The summed E-state index contributed by atoms with van der Waals surface area (Å²) in [4.78, 5) is 12.7. The van der Waals surface area contributed by atoms with Crippen molar-refractivity contribution in [3.8, 4) is 0 Å². The Balaban J connectivity index is 1.50. The minimum Gasteiger partial charge on any atom is -0.322 e. The maximum atomic E-state index is 12.7. The lowest BCUT2D eigenvalue weighted by Crippen LogP contribution is -2.25. The van der Waals surface area contributed by atoms with E-state index in [9.17, 15) is 13.2 Å².